The van der Waals surface area contributed by atoms with Crippen molar-refractivity contribution in [3.8, 4) is 0 Å². The lowest BCUT2D eigenvalue weighted by molar-refractivity contribution is 0.234. The molecule has 0 amide bonds. The van der Waals surface area contributed by atoms with Crippen molar-refractivity contribution in [1.82, 2.24) is 0 Å². The van der Waals surface area contributed by atoms with Crippen LogP contribution in [0.25, 0.3) is 0 Å². The monoisotopic (exact) mass is 333 g/mol. The summed E-state index contributed by atoms with van der Waals surface area (Å²) in [6.07, 6.45) is 1.71. The number of ether oxygens (including phenoxy) is 1. The van der Waals surface area contributed by atoms with Crippen LogP contribution < -0.4 is 0 Å². The Labute approximate surface area is 106 Å². The Morgan fingerprint density at radius 2 is 0.850 bits per heavy atom. The summed E-state index contributed by atoms with van der Waals surface area (Å²) < 4.78 is 122. The van der Waals surface area contributed by atoms with E-state index in [1.165, 1.54) is 0 Å². The summed E-state index contributed by atoms with van der Waals surface area (Å²) in [4.78, 5) is 0. The van der Waals surface area contributed by atoms with Crippen molar-refractivity contribution >= 4 is 21.8 Å². The average molecular weight is 333 g/mol. The van der Waals surface area contributed by atoms with Crippen molar-refractivity contribution in [3.63, 3.8) is 0 Å². The highest BCUT2D eigenvalue weighted by Gasteiger charge is 2.21. The first-order valence-electron chi connectivity index (χ1n) is 4.13. The van der Waals surface area contributed by atoms with Crippen molar-refractivity contribution in [2.75, 3.05) is 13.7 Å². The highest BCUT2D eigenvalue weighted by atomic mass is 19.5. The van der Waals surface area contributed by atoms with Gasteiger partial charge in [0.2, 0.25) is 0 Å². The summed E-state index contributed by atoms with van der Waals surface area (Å²) >= 11 is 0. The van der Waals surface area contributed by atoms with E-state index in [4.69, 9.17) is 0 Å². The molecule has 0 unspecified atom stereocenters. The highest BCUT2D eigenvalue weighted by molar-refractivity contribution is 6.50. The minimum Gasteiger partial charge on any atom is -0.418 e. The molecule has 0 heterocycles. The SMILES string of the molecule is C=CCOC.F[B-](F)(F)F.F[B-](F)(F)F.F[B-](F)(F)F. The molecule has 0 aromatic heterocycles. The van der Waals surface area contributed by atoms with Crippen LogP contribution in [0.2, 0.25) is 0 Å². The van der Waals surface area contributed by atoms with Gasteiger partial charge in [0.1, 0.15) is 0 Å². The van der Waals surface area contributed by atoms with Crippen LogP contribution in [0.5, 0.6) is 0 Å². The van der Waals surface area contributed by atoms with Crippen LogP contribution in [-0.2, 0) is 4.74 Å². The normalized spacial score (nSPS) is 10.8. The van der Waals surface area contributed by atoms with Crippen molar-refractivity contribution in [1.29, 1.82) is 0 Å². The Bertz CT molecular complexity index is 162. The predicted octanol–water partition coefficient (Wildman–Crippen LogP) is 4.72. The van der Waals surface area contributed by atoms with E-state index in [1.54, 1.807) is 13.2 Å². The molecular weight excluding hydrogens is 324 g/mol. The molecule has 0 saturated carbocycles. The molecule has 1 nitrogen and oxygen atoms in total. The van der Waals surface area contributed by atoms with Crippen LogP contribution in [0.1, 0.15) is 0 Å². The molecule has 0 radical (unpaired) electrons. The van der Waals surface area contributed by atoms with Crippen LogP contribution >= 0.6 is 0 Å². The van der Waals surface area contributed by atoms with Crippen LogP contribution in [-0.4, -0.2) is 35.5 Å². The third-order valence-electron chi connectivity index (χ3n) is 0.285. The summed E-state index contributed by atoms with van der Waals surface area (Å²) in [5.41, 5.74) is 0. The molecule has 0 saturated heterocycles. The zero-order valence-corrected chi connectivity index (χ0v) is 9.67. The summed E-state index contributed by atoms with van der Waals surface area (Å²) in [5.74, 6) is 0. The van der Waals surface area contributed by atoms with Crippen molar-refractivity contribution in [2.45, 2.75) is 0 Å². The Hall–Kier alpha value is -0.945. The van der Waals surface area contributed by atoms with E-state index in [2.05, 4.69) is 11.3 Å². The maximum Gasteiger partial charge on any atom is 0.673 e. The molecule has 0 aromatic rings. The lowest BCUT2D eigenvalue weighted by atomic mass is 10.3. The smallest absolute Gasteiger partial charge is 0.418 e. The van der Waals surface area contributed by atoms with Gasteiger partial charge in [-0.1, -0.05) is 6.08 Å². The fourth-order valence-corrected chi connectivity index (χ4v) is 0.118. The molecular formula is C4H8B3F12O-3. The van der Waals surface area contributed by atoms with Gasteiger partial charge in [-0.15, -0.1) is 6.58 Å². The second-order valence-corrected chi connectivity index (χ2v) is 2.23. The number of hydrogen-bond donors (Lipinski definition) is 0. The van der Waals surface area contributed by atoms with E-state index in [0.29, 0.717) is 6.61 Å². The molecule has 0 rings (SSSR count). The average Bonchev–Trinajstić information content (AvgIpc) is 1.94. The largest absolute Gasteiger partial charge is 0.673 e. The van der Waals surface area contributed by atoms with Gasteiger partial charge >= 0.3 is 21.8 Å². The molecule has 0 aliphatic rings. The molecule has 0 bridgehead atoms. The Morgan fingerprint density at radius 3 is 0.850 bits per heavy atom. The van der Waals surface area contributed by atoms with Crippen LogP contribution in [0.15, 0.2) is 12.7 Å². The van der Waals surface area contributed by atoms with Gasteiger partial charge in [0.05, 0.1) is 6.61 Å². The first-order chi connectivity index (χ1) is 8.41. The fraction of sp³-hybridized carbons (Fsp3) is 0.500. The summed E-state index contributed by atoms with van der Waals surface area (Å²) in [6.45, 7) is 4.08. The highest BCUT2D eigenvalue weighted by Crippen LogP contribution is 2.07. The lowest BCUT2D eigenvalue weighted by Crippen LogP contribution is -2.02. The van der Waals surface area contributed by atoms with Gasteiger partial charge in [-0.05, 0) is 0 Å². The molecule has 126 valence electrons. The van der Waals surface area contributed by atoms with E-state index in [1.807, 2.05) is 0 Å². The third-order valence-corrected chi connectivity index (χ3v) is 0.285. The third kappa shape index (κ3) is 3950. The fourth-order valence-electron chi connectivity index (χ4n) is 0.118. The quantitative estimate of drug-likeness (QED) is 0.404. The maximum atomic E-state index is 9.75. The second kappa shape index (κ2) is 13.1. The molecule has 0 atom stereocenters. The van der Waals surface area contributed by atoms with Crippen molar-refractivity contribution in [3.05, 3.63) is 12.7 Å². The van der Waals surface area contributed by atoms with Gasteiger partial charge in [-0.3, -0.25) is 0 Å². The lowest BCUT2D eigenvalue weighted by Gasteiger charge is -1.94. The standard InChI is InChI=1S/C4H8O.3BF4/c1-3-4-5-2;3*2-1(3,4)5/h3H,1,4H2,2H3;;;/q;3*-1. The summed E-state index contributed by atoms with van der Waals surface area (Å²) in [7, 11) is -16.4. The number of halogens is 12. The van der Waals surface area contributed by atoms with Gasteiger partial charge in [0.25, 0.3) is 0 Å². The molecule has 0 aromatic carbocycles. The van der Waals surface area contributed by atoms with Crippen LogP contribution in [0.3, 0.4) is 0 Å². The minimum atomic E-state index is -6.00. The topological polar surface area (TPSA) is 9.23 Å². The van der Waals surface area contributed by atoms with Gasteiger partial charge in [-0.25, -0.2) is 0 Å². The molecule has 20 heavy (non-hydrogen) atoms. The van der Waals surface area contributed by atoms with E-state index in [-0.39, 0.29) is 0 Å². The maximum absolute atomic E-state index is 9.75. The van der Waals surface area contributed by atoms with Crippen molar-refractivity contribution in [2.24, 2.45) is 0 Å². The first kappa shape index (κ1) is 27.4. The Morgan fingerprint density at radius 1 is 0.700 bits per heavy atom. The molecule has 0 spiro atoms. The van der Waals surface area contributed by atoms with E-state index in [9.17, 15) is 51.8 Å². The number of methoxy groups -OCH3 is 1. The van der Waals surface area contributed by atoms with E-state index in [0.717, 1.165) is 0 Å². The first-order valence-corrected chi connectivity index (χ1v) is 4.13. The molecule has 0 N–H and O–H groups in total. The van der Waals surface area contributed by atoms with E-state index >= 15 is 0 Å². The summed E-state index contributed by atoms with van der Waals surface area (Å²) in [5, 5.41) is 0. The van der Waals surface area contributed by atoms with Gasteiger partial charge in [0, 0.05) is 7.11 Å². The number of hydrogen-bond acceptors (Lipinski definition) is 1. The van der Waals surface area contributed by atoms with Crippen molar-refractivity contribution < 1.29 is 56.5 Å². The zero-order chi connectivity index (χ0) is 17.6. The number of rotatable bonds is 2. The second-order valence-electron chi connectivity index (χ2n) is 2.23. The van der Waals surface area contributed by atoms with E-state index < -0.39 is 21.8 Å². The Kier molecular flexibility index (Phi) is 17.9. The van der Waals surface area contributed by atoms with Gasteiger partial charge < -0.3 is 56.5 Å². The molecule has 0 aliphatic carbocycles. The molecule has 16 heteroatoms. The molecule has 0 aliphatic heterocycles. The van der Waals surface area contributed by atoms with Crippen LogP contribution in [0, 0.1) is 0 Å². The predicted molar refractivity (Wildman–Crippen MR) is 52.6 cm³/mol. The zero-order valence-electron chi connectivity index (χ0n) is 9.67. The summed E-state index contributed by atoms with van der Waals surface area (Å²) in [6, 6.07) is 0. The minimum absolute atomic E-state index is 0.653. The Balaban J connectivity index is -0.0000000853. The molecule has 0 fully saturated rings. The van der Waals surface area contributed by atoms with Gasteiger partial charge in [-0.2, -0.15) is 0 Å². The van der Waals surface area contributed by atoms with Crippen LogP contribution in [0.4, 0.5) is 51.8 Å². The van der Waals surface area contributed by atoms with Gasteiger partial charge in [0.15, 0.2) is 0 Å².